The molecule has 0 aliphatic rings. The number of hydrogen-bond donors (Lipinski definition) is 0. The molecule has 0 radical (unpaired) electrons. The molecule has 0 aliphatic carbocycles. The van der Waals surface area contributed by atoms with E-state index in [1.807, 2.05) is 0 Å². The van der Waals surface area contributed by atoms with Gasteiger partial charge in [-0.1, -0.05) is 250 Å². The molecule has 0 aromatic rings. The monoisotopic (exact) mass is 1060 g/mol. The first-order valence-electron chi connectivity index (χ1n) is 31.3. The molecule has 0 aliphatic heterocycles. The normalized spacial score (nSPS) is 13.1. The number of hydrogen-bond acceptors (Lipinski definition) is 6. The lowest BCUT2D eigenvalue weighted by atomic mass is 10.1. The van der Waals surface area contributed by atoms with Gasteiger partial charge >= 0.3 is 17.9 Å². The van der Waals surface area contributed by atoms with Crippen LogP contribution in [0.5, 0.6) is 0 Å². The Morgan fingerprint density at radius 3 is 0.883 bits per heavy atom. The number of carbonyl (C=O) groups excluding carboxylic acids is 3. The van der Waals surface area contributed by atoms with Gasteiger partial charge in [0, 0.05) is 19.3 Å². The molecule has 0 aromatic carbocycles. The number of rotatable bonds is 55. The van der Waals surface area contributed by atoms with Gasteiger partial charge in [-0.05, 0) is 141 Å². The van der Waals surface area contributed by atoms with Crippen molar-refractivity contribution < 1.29 is 28.6 Å². The summed E-state index contributed by atoms with van der Waals surface area (Å²) in [6, 6.07) is 0. The molecule has 0 heterocycles. The van der Waals surface area contributed by atoms with Crippen LogP contribution in [0.15, 0.2) is 146 Å². The Morgan fingerprint density at radius 1 is 0.273 bits per heavy atom. The van der Waals surface area contributed by atoms with Crippen LogP contribution in [0.1, 0.15) is 265 Å². The van der Waals surface area contributed by atoms with Crippen LogP contribution in [0, 0.1) is 0 Å². The van der Waals surface area contributed by atoms with E-state index in [-0.39, 0.29) is 37.5 Å². The maximum Gasteiger partial charge on any atom is 0.306 e. The Balaban J connectivity index is 4.45. The first-order valence-corrected chi connectivity index (χ1v) is 31.3. The van der Waals surface area contributed by atoms with Gasteiger partial charge in [-0.2, -0.15) is 0 Å². The van der Waals surface area contributed by atoms with Gasteiger partial charge in [-0.3, -0.25) is 14.4 Å². The van der Waals surface area contributed by atoms with Crippen LogP contribution in [0.4, 0.5) is 0 Å². The van der Waals surface area contributed by atoms with Crippen LogP contribution < -0.4 is 0 Å². The van der Waals surface area contributed by atoms with Crippen LogP contribution in [-0.2, 0) is 28.6 Å². The van der Waals surface area contributed by atoms with Crippen LogP contribution in [0.3, 0.4) is 0 Å². The van der Waals surface area contributed by atoms with E-state index in [9.17, 15) is 14.4 Å². The van der Waals surface area contributed by atoms with Crippen molar-refractivity contribution in [3.8, 4) is 0 Å². The van der Waals surface area contributed by atoms with E-state index in [1.54, 1.807) is 0 Å². The topological polar surface area (TPSA) is 78.9 Å². The molecule has 0 bridgehead atoms. The van der Waals surface area contributed by atoms with E-state index in [2.05, 4.69) is 167 Å². The maximum absolute atomic E-state index is 12.9. The lowest BCUT2D eigenvalue weighted by molar-refractivity contribution is -0.167. The highest BCUT2D eigenvalue weighted by molar-refractivity contribution is 5.71. The molecule has 6 nitrogen and oxygen atoms in total. The molecule has 6 heteroatoms. The number of allylic oxidation sites excluding steroid dienone is 24. The summed E-state index contributed by atoms with van der Waals surface area (Å²) in [5, 5.41) is 0. The highest BCUT2D eigenvalue weighted by Gasteiger charge is 2.19. The fourth-order valence-corrected chi connectivity index (χ4v) is 8.11. The van der Waals surface area contributed by atoms with E-state index >= 15 is 0 Å². The van der Waals surface area contributed by atoms with Crippen molar-refractivity contribution in [3.63, 3.8) is 0 Å². The Bertz CT molecular complexity index is 1700. The summed E-state index contributed by atoms with van der Waals surface area (Å²) in [6.07, 6.45) is 91.4. The molecule has 1 unspecified atom stereocenters. The molecule has 77 heavy (non-hydrogen) atoms. The molecule has 0 N–H and O–H groups in total. The van der Waals surface area contributed by atoms with Gasteiger partial charge in [0.2, 0.25) is 0 Å². The van der Waals surface area contributed by atoms with Crippen molar-refractivity contribution in [1.29, 1.82) is 0 Å². The largest absolute Gasteiger partial charge is 0.462 e. The SMILES string of the molecule is CC/C=C\C/C=C\C/C=C\C/C=C\C/C=C\C/C=C\C/C=C\C/C=C\C/C=C\CCCC(=O)OCC(COC(=O)CCCCCCC/C=C\CCCCC)OC(=O)CCCCCCCCC/C=C\C/C=C\CCCCCC. The summed E-state index contributed by atoms with van der Waals surface area (Å²) < 4.78 is 16.8. The minimum Gasteiger partial charge on any atom is -0.462 e. The standard InChI is InChI=1S/C71H114O6/c1-4-7-10-13-16-19-22-25-27-29-31-32-33-34-35-36-37-38-39-40-41-43-44-46-49-52-55-58-61-64-70(73)76-67-68(66-75-69(72)63-60-57-54-51-48-24-21-18-15-12-9-6-3)77-71(74)65-62-59-56-53-50-47-45-42-30-28-26-23-20-17-14-11-8-5-2/h7,10,16,18-21,23,25,27-28,30-32,34-35,37-38,40-41,44,46,52,55,68H,4-6,8-9,11-15,17,22,24,26,29,33,36,39,42-43,45,47-51,53-54,56-67H2,1-3H3/b10-7-,19-16-,21-18-,23-20-,27-25-,30-28-,32-31-,35-34-,38-37-,41-40-,46-44-,55-52-. The number of unbranched alkanes of at least 4 members (excludes halogenated alkanes) is 20. The maximum atomic E-state index is 12.9. The van der Waals surface area contributed by atoms with Gasteiger partial charge in [0.05, 0.1) is 0 Å². The van der Waals surface area contributed by atoms with Gasteiger partial charge in [0.1, 0.15) is 13.2 Å². The van der Waals surface area contributed by atoms with Gasteiger partial charge in [0.25, 0.3) is 0 Å². The van der Waals surface area contributed by atoms with Gasteiger partial charge in [-0.15, -0.1) is 0 Å². The Kier molecular flexibility index (Phi) is 59.9. The van der Waals surface area contributed by atoms with Gasteiger partial charge < -0.3 is 14.2 Å². The molecule has 0 rings (SSSR count). The lowest BCUT2D eigenvalue weighted by Gasteiger charge is -2.18. The Labute approximate surface area is 474 Å². The molecule has 1 atom stereocenters. The predicted octanol–water partition coefficient (Wildman–Crippen LogP) is 21.5. The van der Waals surface area contributed by atoms with Crippen LogP contribution in [0.25, 0.3) is 0 Å². The average molecular weight is 1060 g/mol. The molecular weight excluding hydrogens is 949 g/mol. The van der Waals surface area contributed by atoms with E-state index < -0.39 is 6.10 Å². The summed E-state index contributed by atoms with van der Waals surface area (Å²) in [5.41, 5.74) is 0. The summed E-state index contributed by atoms with van der Waals surface area (Å²) in [6.45, 7) is 6.42. The zero-order chi connectivity index (χ0) is 55.7. The molecule has 434 valence electrons. The first-order chi connectivity index (χ1) is 38.0. The van der Waals surface area contributed by atoms with Crippen molar-refractivity contribution in [2.24, 2.45) is 0 Å². The minimum absolute atomic E-state index is 0.108. The number of carbonyl (C=O) groups is 3. The van der Waals surface area contributed by atoms with E-state index in [0.717, 1.165) is 128 Å². The van der Waals surface area contributed by atoms with Crippen molar-refractivity contribution >= 4 is 17.9 Å². The zero-order valence-electron chi connectivity index (χ0n) is 49.7. The van der Waals surface area contributed by atoms with Gasteiger partial charge in [-0.25, -0.2) is 0 Å². The first kappa shape index (κ1) is 72.3. The summed E-state index contributed by atoms with van der Waals surface area (Å²) in [4.78, 5) is 38.2. The number of ether oxygens (including phenoxy) is 3. The van der Waals surface area contributed by atoms with Crippen LogP contribution in [-0.4, -0.2) is 37.2 Å². The number of esters is 3. The molecule has 0 spiro atoms. The third-order valence-electron chi connectivity index (χ3n) is 12.8. The third-order valence-corrected chi connectivity index (χ3v) is 12.8. The highest BCUT2D eigenvalue weighted by Crippen LogP contribution is 2.14. The van der Waals surface area contributed by atoms with E-state index in [1.165, 1.54) is 89.9 Å². The fraction of sp³-hybridized carbons (Fsp3) is 0.620. The Hall–Kier alpha value is -4.71. The third kappa shape index (κ3) is 62.0. The summed E-state index contributed by atoms with van der Waals surface area (Å²) in [5.74, 6) is -0.990. The summed E-state index contributed by atoms with van der Waals surface area (Å²) >= 11 is 0. The Morgan fingerprint density at radius 2 is 0.519 bits per heavy atom. The second kappa shape index (κ2) is 63.8. The van der Waals surface area contributed by atoms with E-state index in [4.69, 9.17) is 14.2 Å². The molecule has 0 saturated heterocycles. The smallest absolute Gasteiger partial charge is 0.306 e. The van der Waals surface area contributed by atoms with Crippen molar-refractivity contribution in [1.82, 2.24) is 0 Å². The summed E-state index contributed by atoms with van der Waals surface area (Å²) in [7, 11) is 0. The van der Waals surface area contributed by atoms with Crippen molar-refractivity contribution in [2.45, 2.75) is 271 Å². The zero-order valence-corrected chi connectivity index (χ0v) is 49.7. The van der Waals surface area contributed by atoms with Crippen molar-refractivity contribution in [2.75, 3.05) is 13.2 Å². The highest BCUT2D eigenvalue weighted by atomic mass is 16.6. The van der Waals surface area contributed by atoms with Crippen molar-refractivity contribution in [3.05, 3.63) is 146 Å². The molecule has 0 saturated carbocycles. The van der Waals surface area contributed by atoms with Gasteiger partial charge in [0.15, 0.2) is 6.10 Å². The molecule has 0 amide bonds. The fourth-order valence-electron chi connectivity index (χ4n) is 8.11. The minimum atomic E-state index is -0.816. The molecular formula is C71H114O6. The lowest BCUT2D eigenvalue weighted by Crippen LogP contribution is -2.30. The van der Waals surface area contributed by atoms with E-state index in [0.29, 0.717) is 19.3 Å². The predicted molar refractivity (Wildman–Crippen MR) is 334 cm³/mol. The molecule has 0 fully saturated rings. The quantitative estimate of drug-likeness (QED) is 0.0261. The molecule has 0 aromatic heterocycles. The average Bonchev–Trinajstić information content (AvgIpc) is 3.43. The van der Waals surface area contributed by atoms with Crippen LogP contribution >= 0.6 is 0 Å². The second-order valence-electron chi connectivity index (χ2n) is 20.2. The second-order valence-corrected chi connectivity index (χ2v) is 20.2. The van der Waals surface area contributed by atoms with Crippen LogP contribution in [0.2, 0.25) is 0 Å².